The first-order chi connectivity index (χ1) is 10.3. The van der Waals surface area contributed by atoms with Crippen LogP contribution in [0, 0.1) is 5.82 Å². The van der Waals surface area contributed by atoms with Crippen molar-refractivity contribution < 1.29 is 4.39 Å². The molecule has 4 nitrogen and oxygen atoms in total. The van der Waals surface area contributed by atoms with Crippen LogP contribution in [0.3, 0.4) is 0 Å². The number of hydrogen-bond acceptors (Lipinski definition) is 3. The van der Waals surface area contributed by atoms with E-state index in [-0.39, 0.29) is 5.82 Å². The summed E-state index contributed by atoms with van der Waals surface area (Å²) in [4.78, 5) is 4.58. The van der Waals surface area contributed by atoms with Crippen molar-refractivity contribution in [2.24, 2.45) is 0 Å². The molecule has 3 aromatic rings. The Morgan fingerprint density at radius 2 is 1.95 bits per heavy atom. The molecule has 0 amide bonds. The molecule has 0 aliphatic heterocycles. The SMILES string of the molecule is Fc1ccc(-c2cc(NC3CCC3)n3nccc3n2)cc1. The van der Waals surface area contributed by atoms with Gasteiger partial charge in [0.05, 0.1) is 11.9 Å². The van der Waals surface area contributed by atoms with E-state index in [2.05, 4.69) is 15.4 Å². The number of hydrogen-bond donors (Lipinski definition) is 1. The predicted octanol–water partition coefficient (Wildman–Crippen LogP) is 3.50. The van der Waals surface area contributed by atoms with Gasteiger partial charge >= 0.3 is 0 Å². The Kier molecular flexibility index (Phi) is 2.84. The number of aromatic nitrogens is 3. The van der Waals surface area contributed by atoms with Gasteiger partial charge in [0.1, 0.15) is 11.6 Å². The van der Waals surface area contributed by atoms with Crippen LogP contribution in [0.5, 0.6) is 0 Å². The topological polar surface area (TPSA) is 42.2 Å². The number of halogens is 1. The number of nitrogens with zero attached hydrogens (tertiary/aromatic N) is 3. The van der Waals surface area contributed by atoms with Crippen LogP contribution < -0.4 is 5.32 Å². The summed E-state index contributed by atoms with van der Waals surface area (Å²) in [6.07, 6.45) is 5.40. The zero-order chi connectivity index (χ0) is 14.2. The summed E-state index contributed by atoms with van der Waals surface area (Å²) in [5.41, 5.74) is 2.51. The molecule has 106 valence electrons. The fraction of sp³-hybridized carbons (Fsp3) is 0.250. The van der Waals surface area contributed by atoms with E-state index in [0.717, 1.165) is 22.7 Å². The molecular weight excluding hydrogens is 267 g/mol. The lowest BCUT2D eigenvalue weighted by molar-refractivity contribution is 0.443. The molecule has 1 fully saturated rings. The number of rotatable bonds is 3. The molecule has 1 aliphatic carbocycles. The minimum Gasteiger partial charge on any atom is -0.367 e. The molecule has 4 rings (SSSR count). The number of benzene rings is 1. The van der Waals surface area contributed by atoms with Crippen LogP contribution in [0.25, 0.3) is 16.9 Å². The minimum absolute atomic E-state index is 0.239. The molecule has 1 N–H and O–H groups in total. The van der Waals surface area contributed by atoms with Gasteiger partial charge in [-0.05, 0) is 43.5 Å². The minimum atomic E-state index is -0.239. The molecule has 5 heteroatoms. The van der Waals surface area contributed by atoms with E-state index < -0.39 is 0 Å². The van der Waals surface area contributed by atoms with Gasteiger partial charge in [0.2, 0.25) is 0 Å². The molecule has 0 spiro atoms. The Morgan fingerprint density at radius 1 is 1.14 bits per heavy atom. The van der Waals surface area contributed by atoms with E-state index in [1.165, 1.54) is 31.4 Å². The Bertz CT molecular complexity index is 775. The van der Waals surface area contributed by atoms with Gasteiger partial charge in [-0.2, -0.15) is 9.61 Å². The maximum Gasteiger partial charge on any atom is 0.157 e. The van der Waals surface area contributed by atoms with Crippen LogP contribution in [-0.4, -0.2) is 20.6 Å². The average molecular weight is 282 g/mol. The van der Waals surface area contributed by atoms with Gasteiger partial charge in [0.15, 0.2) is 5.65 Å². The van der Waals surface area contributed by atoms with Crippen molar-refractivity contribution in [2.45, 2.75) is 25.3 Å². The first-order valence-electron chi connectivity index (χ1n) is 7.17. The molecule has 2 heterocycles. The highest BCUT2D eigenvalue weighted by molar-refractivity contribution is 5.66. The van der Waals surface area contributed by atoms with E-state index in [1.54, 1.807) is 18.3 Å². The van der Waals surface area contributed by atoms with Gasteiger partial charge in [0.25, 0.3) is 0 Å². The molecule has 1 aromatic carbocycles. The lowest BCUT2D eigenvalue weighted by Gasteiger charge is -2.27. The molecule has 0 saturated heterocycles. The number of anilines is 1. The van der Waals surface area contributed by atoms with Crippen molar-refractivity contribution in [2.75, 3.05) is 5.32 Å². The van der Waals surface area contributed by atoms with Crippen molar-refractivity contribution in [1.29, 1.82) is 0 Å². The summed E-state index contributed by atoms with van der Waals surface area (Å²) in [7, 11) is 0. The van der Waals surface area contributed by atoms with Gasteiger partial charge in [0, 0.05) is 23.7 Å². The van der Waals surface area contributed by atoms with Crippen molar-refractivity contribution in [1.82, 2.24) is 14.6 Å². The second-order valence-corrected chi connectivity index (χ2v) is 5.41. The second kappa shape index (κ2) is 4.84. The quantitative estimate of drug-likeness (QED) is 0.799. The van der Waals surface area contributed by atoms with Gasteiger partial charge in [-0.1, -0.05) is 0 Å². The zero-order valence-corrected chi connectivity index (χ0v) is 11.5. The fourth-order valence-electron chi connectivity index (χ4n) is 2.55. The maximum atomic E-state index is 13.1. The molecule has 0 radical (unpaired) electrons. The monoisotopic (exact) mass is 282 g/mol. The molecule has 1 aliphatic rings. The van der Waals surface area contributed by atoms with Crippen LogP contribution in [0.1, 0.15) is 19.3 Å². The van der Waals surface area contributed by atoms with Crippen LogP contribution in [-0.2, 0) is 0 Å². The molecule has 0 atom stereocenters. The lowest BCUT2D eigenvalue weighted by atomic mass is 9.93. The summed E-state index contributed by atoms with van der Waals surface area (Å²) in [6, 6.07) is 10.8. The van der Waals surface area contributed by atoms with E-state index in [9.17, 15) is 4.39 Å². The van der Waals surface area contributed by atoms with E-state index in [4.69, 9.17) is 0 Å². The van der Waals surface area contributed by atoms with Crippen LogP contribution in [0.15, 0.2) is 42.6 Å². The van der Waals surface area contributed by atoms with Crippen molar-refractivity contribution in [3.05, 3.63) is 48.4 Å². The molecule has 2 aromatic heterocycles. The van der Waals surface area contributed by atoms with Crippen molar-refractivity contribution >= 4 is 11.5 Å². The second-order valence-electron chi connectivity index (χ2n) is 5.41. The summed E-state index contributed by atoms with van der Waals surface area (Å²) in [5, 5.41) is 7.83. The van der Waals surface area contributed by atoms with Crippen LogP contribution in [0.4, 0.5) is 10.2 Å². The molecular formula is C16H15FN4. The van der Waals surface area contributed by atoms with Crippen LogP contribution >= 0.6 is 0 Å². The lowest BCUT2D eigenvalue weighted by Crippen LogP contribution is -2.28. The Balaban J connectivity index is 1.79. The summed E-state index contributed by atoms with van der Waals surface area (Å²) < 4.78 is 14.9. The van der Waals surface area contributed by atoms with E-state index in [1.807, 2.05) is 16.6 Å². The highest BCUT2D eigenvalue weighted by Crippen LogP contribution is 2.26. The standard InChI is InChI=1S/C16H15FN4/c17-12-6-4-11(5-7-12)14-10-16(19-13-2-1-3-13)21-15(20-14)8-9-18-21/h4-10,13,19H,1-3H2. The third-order valence-electron chi connectivity index (χ3n) is 3.96. The van der Waals surface area contributed by atoms with Crippen molar-refractivity contribution in [3.8, 4) is 11.3 Å². The number of fused-ring (bicyclic) bond motifs is 1. The molecule has 21 heavy (non-hydrogen) atoms. The Morgan fingerprint density at radius 3 is 2.67 bits per heavy atom. The van der Waals surface area contributed by atoms with E-state index >= 15 is 0 Å². The summed E-state index contributed by atoms with van der Waals surface area (Å²) in [6.45, 7) is 0. The first-order valence-corrected chi connectivity index (χ1v) is 7.17. The predicted molar refractivity (Wildman–Crippen MR) is 79.6 cm³/mol. The highest BCUT2D eigenvalue weighted by atomic mass is 19.1. The maximum absolute atomic E-state index is 13.1. The smallest absolute Gasteiger partial charge is 0.157 e. The van der Waals surface area contributed by atoms with Crippen molar-refractivity contribution in [3.63, 3.8) is 0 Å². The summed E-state index contributed by atoms with van der Waals surface area (Å²) in [5.74, 6) is 0.700. The van der Waals surface area contributed by atoms with Gasteiger partial charge in [-0.25, -0.2) is 9.37 Å². The first kappa shape index (κ1) is 12.3. The molecule has 0 unspecified atom stereocenters. The zero-order valence-electron chi connectivity index (χ0n) is 11.5. The van der Waals surface area contributed by atoms with E-state index in [0.29, 0.717) is 6.04 Å². The number of nitrogens with one attached hydrogen (secondary N) is 1. The van der Waals surface area contributed by atoms with Crippen LogP contribution in [0.2, 0.25) is 0 Å². The largest absolute Gasteiger partial charge is 0.367 e. The normalized spacial score (nSPS) is 15.1. The average Bonchev–Trinajstić information content (AvgIpc) is 2.92. The van der Waals surface area contributed by atoms with Gasteiger partial charge in [-0.15, -0.1) is 0 Å². The third-order valence-corrected chi connectivity index (χ3v) is 3.96. The van der Waals surface area contributed by atoms with Gasteiger partial charge < -0.3 is 5.32 Å². The fourth-order valence-corrected chi connectivity index (χ4v) is 2.55. The molecule has 0 bridgehead atoms. The van der Waals surface area contributed by atoms with Gasteiger partial charge in [-0.3, -0.25) is 0 Å². The molecule has 1 saturated carbocycles. The third kappa shape index (κ3) is 2.24. The Hall–Kier alpha value is -2.43. The highest BCUT2D eigenvalue weighted by Gasteiger charge is 2.19. The Labute approximate surface area is 121 Å². The summed E-state index contributed by atoms with van der Waals surface area (Å²) >= 11 is 0.